The lowest BCUT2D eigenvalue weighted by Gasteiger charge is -2.13. The summed E-state index contributed by atoms with van der Waals surface area (Å²) in [6.45, 7) is 7.17. The lowest BCUT2D eigenvalue weighted by Crippen LogP contribution is -2.16. The first-order valence-electron chi connectivity index (χ1n) is 5.38. The normalized spacial score (nSPS) is 12.9. The van der Waals surface area contributed by atoms with Crippen LogP contribution in [0, 0.1) is 12.8 Å². The van der Waals surface area contributed by atoms with E-state index in [-0.39, 0.29) is 5.38 Å². The van der Waals surface area contributed by atoms with Crippen LogP contribution in [0.1, 0.15) is 26.0 Å². The molecule has 0 radical (unpaired) electrons. The van der Waals surface area contributed by atoms with Crippen LogP contribution >= 0.6 is 11.6 Å². The minimum Gasteiger partial charge on any atom is -0.383 e. The summed E-state index contributed by atoms with van der Waals surface area (Å²) < 4.78 is 0. The second kappa shape index (κ2) is 5.96. The Labute approximate surface area is 97.1 Å². The number of nitrogens with zero attached hydrogens (tertiary/aromatic N) is 1. The zero-order valence-electron chi connectivity index (χ0n) is 9.63. The number of aromatic nitrogens is 1. The Morgan fingerprint density at radius 3 is 2.80 bits per heavy atom. The van der Waals surface area contributed by atoms with Crippen LogP contribution in [-0.4, -0.2) is 16.9 Å². The Hall–Kier alpha value is -0.760. The van der Waals surface area contributed by atoms with E-state index in [4.69, 9.17) is 11.6 Å². The highest BCUT2D eigenvalue weighted by Gasteiger charge is 2.06. The van der Waals surface area contributed by atoms with E-state index in [9.17, 15) is 0 Å². The molecule has 0 aliphatic heterocycles. The molecule has 0 saturated heterocycles. The predicted octanol–water partition coefficient (Wildman–Crippen LogP) is 3.46. The highest BCUT2D eigenvalue weighted by molar-refractivity contribution is 6.20. The number of halogens is 1. The number of nitrogens with one attached hydrogen (secondary N) is 1. The molecule has 1 rings (SSSR count). The molecular formula is C12H19ClN2. The van der Waals surface area contributed by atoms with E-state index in [0.717, 1.165) is 24.3 Å². The third kappa shape index (κ3) is 5.03. The molecule has 0 bridgehead atoms. The molecule has 3 heteroatoms. The average molecular weight is 227 g/mol. The standard InChI is InChI=1S/C12H19ClN2/c1-9(2)6-11(13)8-15-12-4-5-14-10(3)7-12/h4-5,7,9,11H,6,8H2,1-3H3,(H,14,15). The van der Waals surface area contributed by atoms with Gasteiger partial charge in [0.1, 0.15) is 0 Å². The van der Waals surface area contributed by atoms with E-state index in [1.165, 1.54) is 0 Å². The number of aryl methyl sites for hydroxylation is 1. The molecule has 15 heavy (non-hydrogen) atoms. The van der Waals surface area contributed by atoms with Crippen molar-refractivity contribution in [3.05, 3.63) is 24.0 Å². The van der Waals surface area contributed by atoms with Gasteiger partial charge in [-0.3, -0.25) is 4.98 Å². The van der Waals surface area contributed by atoms with Gasteiger partial charge < -0.3 is 5.32 Å². The first-order chi connectivity index (χ1) is 7.08. The number of anilines is 1. The quantitative estimate of drug-likeness (QED) is 0.778. The Morgan fingerprint density at radius 1 is 1.47 bits per heavy atom. The fraction of sp³-hybridized carbons (Fsp3) is 0.583. The van der Waals surface area contributed by atoms with E-state index in [0.29, 0.717) is 5.92 Å². The number of pyridine rings is 1. The lowest BCUT2D eigenvalue weighted by atomic mass is 10.1. The van der Waals surface area contributed by atoms with Crippen molar-refractivity contribution in [2.45, 2.75) is 32.6 Å². The molecule has 2 nitrogen and oxygen atoms in total. The van der Waals surface area contributed by atoms with Crippen molar-refractivity contribution in [3.8, 4) is 0 Å². The van der Waals surface area contributed by atoms with Crippen LogP contribution in [0.25, 0.3) is 0 Å². The topological polar surface area (TPSA) is 24.9 Å². The maximum atomic E-state index is 6.19. The van der Waals surface area contributed by atoms with Gasteiger partial charge in [0.05, 0.1) is 5.38 Å². The van der Waals surface area contributed by atoms with Gasteiger partial charge in [0, 0.05) is 24.1 Å². The summed E-state index contributed by atoms with van der Waals surface area (Å²) in [5.41, 5.74) is 2.12. The van der Waals surface area contributed by atoms with Crippen molar-refractivity contribution < 1.29 is 0 Å². The van der Waals surface area contributed by atoms with Crippen LogP contribution in [0.4, 0.5) is 5.69 Å². The molecule has 0 aromatic carbocycles. The summed E-state index contributed by atoms with van der Waals surface area (Å²) in [6, 6.07) is 3.99. The van der Waals surface area contributed by atoms with Gasteiger partial charge in [-0.05, 0) is 31.4 Å². The van der Waals surface area contributed by atoms with Crippen LogP contribution in [0.15, 0.2) is 18.3 Å². The van der Waals surface area contributed by atoms with Crippen molar-refractivity contribution in [3.63, 3.8) is 0 Å². The Bertz CT molecular complexity index is 299. The minimum atomic E-state index is 0.193. The molecule has 0 aliphatic carbocycles. The van der Waals surface area contributed by atoms with Crippen molar-refractivity contribution in [1.82, 2.24) is 4.98 Å². The van der Waals surface area contributed by atoms with E-state index < -0.39 is 0 Å². The highest BCUT2D eigenvalue weighted by Crippen LogP contribution is 2.13. The van der Waals surface area contributed by atoms with E-state index in [1.54, 1.807) is 0 Å². The first kappa shape index (κ1) is 12.3. The number of hydrogen-bond acceptors (Lipinski definition) is 2. The van der Waals surface area contributed by atoms with Crippen LogP contribution in [0.5, 0.6) is 0 Å². The zero-order valence-corrected chi connectivity index (χ0v) is 10.4. The summed E-state index contributed by atoms with van der Waals surface area (Å²) in [7, 11) is 0. The van der Waals surface area contributed by atoms with Crippen molar-refractivity contribution in [1.29, 1.82) is 0 Å². The molecule has 0 amide bonds. The van der Waals surface area contributed by atoms with Gasteiger partial charge in [0.2, 0.25) is 0 Å². The van der Waals surface area contributed by atoms with Gasteiger partial charge in [0.15, 0.2) is 0 Å². The smallest absolute Gasteiger partial charge is 0.0511 e. The van der Waals surface area contributed by atoms with Gasteiger partial charge in [-0.25, -0.2) is 0 Å². The monoisotopic (exact) mass is 226 g/mol. The van der Waals surface area contributed by atoms with Gasteiger partial charge in [0.25, 0.3) is 0 Å². The number of hydrogen-bond donors (Lipinski definition) is 1. The lowest BCUT2D eigenvalue weighted by molar-refractivity contribution is 0.572. The van der Waals surface area contributed by atoms with E-state index in [1.807, 2.05) is 25.3 Å². The first-order valence-corrected chi connectivity index (χ1v) is 5.82. The molecule has 0 aliphatic rings. The van der Waals surface area contributed by atoms with Crippen LogP contribution in [-0.2, 0) is 0 Å². The highest BCUT2D eigenvalue weighted by atomic mass is 35.5. The summed E-state index contributed by atoms with van der Waals surface area (Å²) in [5.74, 6) is 0.647. The fourth-order valence-corrected chi connectivity index (χ4v) is 1.91. The summed E-state index contributed by atoms with van der Waals surface area (Å²) in [6.07, 6.45) is 2.85. The second-order valence-electron chi connectivity index (χ2n) is 4.29. The molecule has 0 spiro atoms. The van der Waals surface area contributed by atoms with Gasteiger partial charge in [-0.1, -0.05) is 13.8 Å². The Kier molecular flexibility index (Phi) is 4.89. The van der Waals surface area contributed by atoms with Crippen molar-refractivity contribution in [2.75, 3.05) is 11.9 Å². The molecule has 1 unspecified atom stereocenters. The minimum absolute atomic E-state index is 0.193. The molecule has 1 N–H and O–H groups in total. The van der Waals surface area contributed by atoms with Crippen LogP contribution in [0.2, 0.25) is 0 Å². The molecule has 0 fully saturated rings. The summed E-state index contributed by atoms with van der Waals surface area (Å²) in [4.78, 5) is 4.14. The molecular weight excluding hydrogens is 208 g/mol. The second-order valence-corrected chi connectivity index (χ2v) is 4.91. The molecule has 1 aromatic heterocycles. The largest absolute Gasteiger partial charge is 0.383 e. The zero-order chi connectivity index (χ0) is 11.3. The SMILES string of the molecule is Cc1cc(NCC(Cl)CC(C)C)ccn1. The Balaban J connectivity index is 2.36. The van der Waals surface area contributed by atoms with Gasteiger partial charge >= 0.3 is 0 Å². The molecule has 1 aromatic rings. The Morgan fingerprint density at radius 2 is 2.20 bits per heavy atom. The third-order valence-corrected chi connectivity index (χ3v) is 2.48. The van der Waals surface area contributed by atoms with Gasteiger partial charge in [-0.15, -0.1) is 11.6 Å². The summed E-state index contributed by atoms with van der Waals surface area (Å²) in [5, 5.41) is 3.51. The van der Waals surface area contributed by atoms with E-state index in [2.05, 4.69) is 24.1 Å². The third-order valence-electron chi connectivity index (χ3n) is 2.15. The van der Waals surface area contributed by atoms with Crippen molar-refractivity contribution in [2.24, 2.45) is 5.92 Å². The van der Waals surface area contributed by atoms with Crippen molar-refractivity contribution >= 4 is 17.3 Å². The number of alkyl halides is 1. The predicted molar refractivity (Wildman–Crippen MR) is 66.6 cm³/mol. The van der Waals surface area contributed by atoms with E-state index >= 15 is 0 Å². The van der Waals surface area contributed by atoms with Crippen LogP contribution in [0.3, 0.4) is 0 Å². The molecule has 1 atom stereocenters. The average Bonchev–Trinajstić information content (AvgIpc) is 2.14. The van der Waals surface area contributed by atoms with Crippen LogP contribution < -0.4 is 5.32 Å². The van der Waals surface area contributed by atoms with Gasteiger partial charge in [-0.2, -0.15) is 0 Å². The number of rotatable bonds is 5. The molecule has 1 heterocycles. The fourth-order valence-electron chi connectivity index (χ4n) is 1.48. The molecule has 0 saturated carbocycles. The molecule has 84 valence electrons. The summed E-state index contributed by atoms with van der Waals surface area (Å²) >= 11 is 6.19. The maximum absolute atomic E-state index is 6.19. The maximum Gasteiger partial charge on any atom is 0.0511 e.